The SMILES string of the molecule is COc1ccc(C2(c3ccc(N4CCCC4)cc3)c3c4c(c5c6c3C3C6(OC5=O)C3(c3ccc(OC)cc3)c3ccc(N5CCCC5)cc3)C42)cc1. The molecular weight excluding hydrogens is 645 g/mol. The number of esters is 1. The number of nitrogens with zero attached hydrogens (tertiary/aromatic N) is 2. The van der Waals surface area contributed by atoms with Crippen molar-refractivity contribution < 1.29 is 19.0 Å². The van der Waals surface area contributed by atoms with Crippen LogP contribution in [-0.4, -0.2) is 46.4 Å². The van der Waals surface area contributed by atoms with E-state index in [0.717, 1.165) is 48.8 Å². The lowest BCUT2D eigenvalue weighted by Crippen LogP contribution is -2.40. The number of hydrogen-bond donors (Lipinski definition) is 0. The standard InChI is InChI=1S/C46H40N2O4/c1-50-33-19-11-28(12-20-33)44(27-7-15-31(16-8-27)47-23-3-4-24-47)39-35-36(39)40(44)38-41-37(35)43(49)52-46(41)42(38)45(46,30-13-21-34(51-2)22-14-30)29-9-17-32(18-10-29)48-25-5-6-26-48/h7-22,39,42H,3-6,23-26H2,1-2H3. The van der Waals surface area contributed by atoms with Gasteiger partial charge < -0.3 is 24.0 Å². The Morgan fingerprint density at radius 1 is 0.577 bits per heavy atom. The Labute approximate surface area is 303 Å². The second-order valence-electron chi connectivity index (χ2n) is 15.9. The molecule has 0 N–H and O–H groups in total. The van der Waals surface area contributed by atoms with E-state index >= 15 is 0 Å². The van der Waals surface area contributed by atoms with E-state index in [4.69, 9.17) is 14.2 Å². The number of benzene rings is 5. The van der Waals surface area contributed by atoms with Crippen LogP contribution in [0.4, 0.5) is 11.4 Å². The van der Waals surface area contributed by atoms with Gasteiger partial charge in [-0.25, -0.2) is 4.79 Å². The summed E-state index contributed by atoms with van der Waals surface area (Å²) >= 11 is 0. The van der Waals surface area contributed by atoms with Crippen LogP contribution in [0.15, 0.2) is 97.1 Å². The number of hydrogen-bond acceptors (Lipinski definition) is 6. The molecule has 1 saturated carbocycles. The Kier molecular flexibility index (Phi) is 5.53. The van der Waals surface area contributed by atoms with Crippen molar-refractivity contribution in [2.75, 3.05) is 50.2 Å². The molecule has 0 aromatic heterocycles. The third-order valence-electron chi connectivity index (χ3n) is 14.1. The van der Waals surface area contributed by atoms with Gasteiger partial charge in [-0.2, -0.15) is 0 Å². The fraction of sp³-hybridized carbons (Fsp3) is 0.326. The Bertz CT molecular complexity index is 2340. The maximum Gasteiger partial charge on any atom is 0.339 e. The molecule has 0 radical (unpaired) electrons. The zero-order chi connectivity index (χ0) is 34.6. The van der Waals surface area contributed by atoms with Gasteiger partial charge in [0.2, 0.25) is 0 Å². The Hall–Kier alpha value is -5.23. The number of carbonyl (C=O) groups is 1. The molecule has 258 valence electrons. The molecule has 6 nitrogen and oxygen atoms in total. The minimum Gasteiger partial charge on any atom is -0.497 e. The van der Waals surface area contributed by atoms with Gasteiger partial charge in [0, 0.05) is 55.0 Å². The van der Waals surface area contributed by atoms with Crippen molar-refractivity contribution in [2.24, 2.45) is 0 Å². The smallest absolute Gasteiger partial charge is 0.339 e. The minimum atomic E-state index is -0.703. The third-order valence-corrected chi connectivity index (χ3v) is 14.1. The molecular formula is C46H40N2O4. The van der Waals surface area contributed by atoms with Crippen LogP contribution in [0.3, 0.4) is 0 Å². The lowest BCUT2D eigenvalue weighted by atomic mass is 9.56. The fourth-order valence-electron chi connectivity index (χ4n) is 11.9. The first kappa shape index (κ1) is 29.4. The number of anilines is 2. The second kappa shape index (κ2) is 9.80. The van der Waals surface area contributed by atoms with E-state index < -0.39 is 11.0 Å². The van der Waals surface area contributed by atoms with E-state index in [1.54, 1.807) is 14.2 Å². The first-order valence-electron chi connectivity index (χ1n) is 19.1. The second-order valence-corrected chi connectivity index (χ2v) is 15.9. The topological polar surface area (TPSA) is 51.2 Å². The minimum absolute atomic E-state index is 0.0228. The summed E-state index contributed by atoms with van der Waals surface area (Å²) in [6.07, 6.45) is 4.98. The first-order valence-corrected chi connectivity index (χ1v) is 19.1. The highest BCUT2D eigenvalue weighted by Crippen LogP contribution is 2.92. The van der Waals surface area contributed by atoms with Crippen LogP contribution in [0.1, 0.15) is 97.9 Å². The van der Waals surface area contributed by atoms with Crippen molar-refractivity contribution in [3.8, 4) is 11.5 Å². The molecule has 5 atom stereocenters. The van der Waals surface area contributed by atoms with Gasteiger partial charge >= 0.3 is 5.97 Å². The summed E-state index contributed by atoms with van der Waals surface area (Å²) in [4.78, 5) is 19.3. The van der Waals surface area contributed by atoms with Gasteiger partial charge in [0.1, 0.15) is 11.5 Å². The van der Waals surface area contributed by atoms with Gasteiger partial charge in [0.05, 0.1) is 30.6 Å². The summed E-state index contributed by atoms with van der Waals surface area (Å²) in [7, 11) is 3.44. The molecule has 52 heavy (non-hydrogen) atoms. The summed E-state index contributed by atoms with van der Waals surface area (Å²) in [5, 5.41) is 0. The Morgan fingerprint density at radius 3 is 1.54 bits per heavy atom. The summed E-state index contributed by atoms with van der Waals surface area (Å²) in [5.74, 6) is 1.71. The highest BCUT2D eigenvalue weighted by Gasteiger charge is 2.93. The Morgan fingerprint density at radius 2 is 1.04 bits per heavy atom. The van der Waals surface area contributed by atoms with Gasteiger partial charge in [0.25, 0.3) is 0 Å². The van der Waals surface area contributed by atoms with Crippen LogP contribution in [0, 0.1) is 0 Å². The zero-order valence-corrected chi connectivity index (χ0v) is 29.6. The van der Waals surface area contributed by atoms with E-state index in [1.807, 2.05) is 0 Å². The van der Waals surface area contributed by atoms with Crippen LogP contribution >= 0.6 is 0 Å². The predicted octanol–water partition coefficient (Wildman–Crippen LogP) is 8.16. The van der Waals surface area contributed by atoms with Gasteiger partial charge in [-0.1, -0.05) is 48.5 Å². The lowest BCUT2D eigenvalue weighted by Gasteiger charge is -2.45. The average molecular weight is 685 g/mol. The number of carbonyl (C=O) groups excluding carboxylic acids is 1. The molecule has 12 rings (SSSR count). The van der Waals surface area contributed by atoms with Crippen molar-refractivity contribution in [3.63, 3.8) is 0 Å². The van der Waals surface area contributed by atoms with E-state index in [-0.39, 0.29) is 23.2 Å². The number of ether oxygens (including phenoxy) is 3. The van der Waals surface area contributed by atoms with Crippen molar-refractivity contribution in [2.45, 2.75) is 54.0 Å². The molecule has 3 fully saturated rings. The summed E-state index contributed by atoms with van der Waals surface area (Å²) in [6, 6.07) is 35.8. The molecule has 5 aromatic rings. The molecule has 5 aromatic carbocycles. The summed E-state index contributed by atoms with van der Waals surface area (Å²) in [6.45, 7) is 4.44. The molecule has 1 spiro atoms. The van der Waals surface area contributed by atoms with Crippen molar-refractivity contribution >= 4 is 17.3 Å². The van der Waals surface area contributed by atoms with Crippen molar-refractivity contribution in [1.29, 1.82) is 0 Å². The van der Waals surface area contributed by atoms with Crippen LogP contribution in [-0.2, 0) is 21.2 Å². The Balaban J connectivity index is 1.07. The van der Waals surface area contributed by atoms with Crippen LogP contribution in [0.25, 0.3) is 0 Å². The molecule has 7 aliphatic rings. The predicted molar refractivity (Wildman–Crippen MR) is 201 cm³/mol. The summed E-state index contributed by atoms with van der Waals surface area (Å²) < 4.78 is 18.0. The number of rotatable bonds is 8. The highest BCUT2D eigenvalue weighted by molar-refractivity contribution is 6.08. The largest absolute Gasteiger partial charge is 0.497 e. The number of methoxy groups -OCH3 is 2. The third kappa shape index (κ3) is 3.16. The monoisotopic (exact) mass is 684 g/mol. The van der Waals surface area contributed by atoms with Crippen molar-refractivity contribution in [1.82, 2.24) is 0 Å². The molecule has 0 amide bonds. The molecule has 2 saturated heterocycles. The quantitative estimate of drug-likeness (QED) is 0.154. The van der Waals surface area contributed by atoms with Gasteiger partial charge in [-0.05, 0) is 119 Å². The van der Waals surface area contributed by atoms with Gasteiger partial charge in [0.15, 0.2) is 5.60 Å². The summed E-state index contributed by atoms with van der Waals surface area (Å²) in [5.41, 5.74) is 13.2. The normalized spacial score (nSPS) is 29.1. The lowest BCUT2D eigenvalue weighted by molar-refractivity contribution is 0.0210. The zero-order valence-electron chi connectivity index (χ0n) is 29.6. The molecule has 4 aliphatic carbocycles. The van der Waals surface area contributed by atoms with E-state index in [0.29, 0.717) is 0 Å². The maximum absolute atomic E-state index is 14.3. The van der Waals surface area contributed by atoms with Gasteiger partial charge in [-0.15, -0.1) is 0 Å². The van der Waals surface area contributed by atoms with E-state index in [9.17, 15) is 4.79 Å². The van der Waals surface area contributed by atoms with E-state index in [2.05, 4.69) is 107 Å². The molecule has 6 heteroatoms. The fourth-order valence-corrected chi connectivity index (χ4v) is 11.9. The average Bonchev–Trinajstić information content (AvgIpc) is 3.57. The number of fused-ring (bicyclic) bond motifs is 4. The van der Waals surface area contributed by atoms with Crippen LogP contribution in [0.2, 0.25) is 0 Å². The first-order chi connectivity index (χ1) is 25.6. The molecule has 0 bridgehead atoms. The highest BCUT2D eigenvalue weighted by atomic mass is 16.6. The van der Waals surface area contributed by atoms with Crippen molar-refractivity contribution in [3.05, 3.63) is 153 Å². The maximum atomic E-state index is 14.3. The molecule has 3 aliphatic heterocycles. The van der Waals surface area contributed by atoms with Crippen LogP contribution in [0.5, 0.6) is 11.5 Å². The van der Waals surface area contributed by atoms with E-state index in [1.165, 1.54) is 81.6 Å². The molecule has 5 unspecified atom stereocenters. The van der Waals surface area contributed by atoms with Gasteiger partial charge in [-0.3, -0.25) is 0 Å². The van der Waals surface area contributed by atoms with Crippen LogP contribution < -0.4 is 19.3 Å². The molecule has 3 heterocycles.